The summed E-state index contributed by atoms with van der Waals surface area (Å²) in [6.45, 7) is 1.66. The van der Waals surface area contributed by atoms with E-state index in [-0.39, 0.29) is 28.4 Å². The van der Waals surface area contributed by atoms with Gasteiger partial charge in [-0.05, 0) is 31.2 Å². The van der Waals surface area contributed by atoms with Crippen LogP contribution in [0.1, 0.15) is 27.6 Å². The molecular weight excluding hydrogens is 355 g/mol. The van der Waals surface area contributed by atoms with Crippen LogP contribution in [0.5, 0.6) is 0 Å². The Bertz CT molecular complexity index is 856. The van der Waals surface area contributed by atoms with Crippen LogP contribution < -0.4 is 5.32 Å². The van der Waals surface area contributed by atoms with Crippen LogP contribution >= 0.6 is 11.6 Å². The molecule has 0 spiro atoms. The first-order valence-electron chi connectivity index (χ1n) is 7.04. The zero-order valence-corrected chi connectivity index (χ0v) is 13.7. The van der Waals surface area contributed by atoms with E-state index in [2.05, 4.69) is 5.32 Å². The highest BCUT2D eigenvalue weighted by Gasteiger charge is 2.19. The molecule has 0 bridgehead atoms. The Kier molecular flexibility index (Phi) is 5.66. The van der Waals surface area contributed by atoms with E-state index in [0.717, 1.165) is 18.2 Å². The van der Waals surface area contributed by atoms with Crippen LogP contribution in [0.15, 0.2) is 36.4 Å². The number of esters is 1. The lowest BCUT2D eigenvalue weighted by molar-refractivity contribution is -0.384. The molecule has 0 radical (unpaired) electrons. The second-order valence-electron chi connectivity index (χ2n) is 4.83. The molecule has 2 aromatic carbocycles. The van der Waals surface area contributed by atoms with Crippen LogP contribution in [-0.4, -0.2) is 23.4 Å². The second kappa shape index (κ2) is 7.71. The van der Waals surface area contributed by atoms with E-state index in [1.54, 1.807) is 6.92 Å². The fraction of sp³-hybridized carbons (Fsp3) is 0.125. The molecule has 9 heteroatoms. The molecule has 1 N–H and O–H groups in total. The number of hydrogen-bond acceptors (Lipinski definition) is 5. The van der Waals surface area contributed by atoms with E-state index in [4.69, 9.17) is 16.3 Å². The molecule has 0 saturated heterocycles. The first-order chi connectivity index (χ1) is 11.8. The maximum atomic E-state index is 13.1. The summed E-state index contributed by atoms with van der Waals surface area (Å²) in [6.07, 6.45) is 0. The predicted octanol–water partition coefficient (Wildman–Crippen LogP) is 3.82. The summed E-state index contributed by atoms with van der Waals surface area (Å²) in [5.41, 5.74) is -0.496. The summed E-state index contributed by atoms with van der Waals surface area (Å²) >= 11 is 5.63. The van der Waals surface area contributed by atoms with Gasteiger partial charge in [0.1, 0.15) is 5.82 Å². The number of amides is 1. The van der Waals surface area contributed by atoms with Crippen molar-refractivity contribution in [2.45, 2.75) is 6.92 Å². The molecule has 0 atom stereocenters. The molecule has 25 heavy (non-hydrogen) atoms. The summed E-state index contributed by atoms with van der Waals surface area (Å²) in [6, 6.07) is 6.74. The number of halogens is 2. The quantitative estimate of drug-likeness (QED) is 0.492. The van der Waals surface area contributed by atoms with Gasteiger partial charge in [0.2, 0.25) is 0 Å². The Labute approximate surface area is 146 Å². The summed E-state index contributed by atoms with van der Waals surface area (Å²) in [5, 5.41) is 13.2. The number of nitrogens with zero attached hydrogens (tertiary/aromatic N) is 1. The third-order valence-electron chi connectivity index (χ3n) is 3.08. The summed E-state index contributed by atoms with van der Waals surface area (Å²) in [5.74, 6) is -2.17. The van der Waals surface area contributed by atoms with Gasteiger partial charge in [0.15, 0.2) is 0 Å². The van der Waals surface area contributed by atoms with Gasteiger partial charge in [-0.25, -0.2) is 9.18 Å². The van der Waals surface area contributed by atoms with Gasteiger partial charge < -0.3 is 10.1 Å². The predicted molar refractivity (Wildman–Crippen MR) is 88.4 cm³/mol. The van der Waals surface area contributed by atoms with E-state index in [1.165, 1.54) is 18.2 Å². The van der Waals surface area contributed by atoms with Gasteiger partial charge in [0.05, 0.1) is 22.1 Å². The number of carbonyl (C=O) groups is 2. The third kappa shape index (κ3) is 4.51. The molecule has 0 fully saturated rings. The van der Waals surface area contributed by atoms with E-state index in [0.29, 0.717) is 0 Å². The van der Waals surface area contributed by atoms with Crippen molar-refractivity contribution >= 4 is 34.9 Å². The molecule has 0 heterocycles. The van der Waals surface area contributed by atoms with Gasteiger partial charge in [-0.15, -0.1) is 0 Å². The molecule has 0 aromatic heterocycles. The highest BCUT2D eigenvalue weighted by Crippen LogP contribution is 2.22. The number of nitro benzene ring substituents is 1. The molecule has 7 nitrogen and oxygen atoms in total. The Balaban J connectivity index is 2.35. The van der Waals surface area contributed by atoms with Gasteiger partial charge in [-0.1, -0.05) is 11.6 Å². The lowest BCUT2D eigenvalue weighted by Crippen LogP contribution is -2.14. The van der Waals surface area contributed by atoms with E-state index in [9.17, 15) is 24.1 Å². The molecule has 0 unspecified atom stereocenters. The van der Waals surface area contributed by atoms with Crippen molar-refractivity contribution in [2.75, 3.05) is 11.9 Å². The number of nitro groups is 1. The minimum absolute atomic E-state index is 0.0805. The maximum absolute atomic E-state index is 13.1. The Morgan fingerprint density at radius 1 is 1.24 bits per heavy atom. The maximum Gasteiger partial charge on any atom is 0.338 e. The zero-order chi connectivity index (χ0) is 18.6. The molecule has 0 saturated carbocycles. The van der Waals surface area contributed by atoms with Crippen LogP contribution in [0.2, 0.25) is 5.02 Å². The number of non-ortho nitro benzene ring substituents is 1. The van der Waals surface area contributed by atoms with Gasteiger partial charge >= 0.3 is 5.97 Å². The minimum Gasteiger partial charge on any atom is -0.462 e. The Morgan fingerprint density at radius 3 is 2.52 bits per heavy atom. The van der Waals surface area contributed by atoms with Gasteiger partial charge in [0, 0.05) is 23.4 Å². The molecule has 0 aliphatic rings. The van der Waals surface area contributed by atoms with Crippen molar-refractivity contribution in [3.63, 3.8) is 0 Å². The van der Waals surface area contributed by atoms with Gasteiger partial charge in [-0.2, -0.15) is 0 Å². The lowest BCUT2D eigenvalue weighted by atomic mass is 10.1. The standard InChI is InChI=1S/C16H12ClFN2O5/c1-2-25-16(22)10-5-9(6-12(7-10)20(23)24)15(21)19-11-3-4-14(18)13(17)8-11/h3-8H,2H2,1H3,(H,19,21). The number of hydrogen-bond donors (Lipinski definition) is 1. The van der Waals surface area contributed by atoms with E-state index >= 15 is 0 Å². The van der Waals surface area contributed by atoms with Crippen molar-refractivity contribution < 1.29 is 23.6 Å². The number of ether oxygens (including phenoxy) is 1. The van der Waals surface area contributed by atoms with Gasteiger partial charge in [-0.3, -0.25) is 14.9 Å². The van der Waals surface area contributed by atoms with E-state index in [1.807, 2.05) is 0 Å². The van der Waals surface area contributed by atoms with Crippen molar-refractivity contribution in [3.05, 3.63) is 68.5 Å². The normalized spacial score (nSPS) is 10.2. The van der Waals surface area contributed by atoms with E-state index < -0.39 is 28.3 Å². The molecule has 2 rings (SSSR count). The lowest BCUT2D eigenvalue weighted by Gasteiger charge is -2.08. The Morgan fingerprint density at radius 2 is 1.92 bits per heavy atom. The molecule has 1 amide bonds. The number of anilines is 1. The number of nitrogens with one attached hydrogen (secondary N) is 1. The smallest absolute Gasteiger partial charge is 0.338 e. The van der Waals surface area contributed by atoms with Crippen LogP contribution in [0.4, 0.5) is 15.8 Å². The summed E-state index contributed by atoms with van der Waals surface area (Å²) in [4.78, 5) is 34.4. The molecule has 2 aromatic rings. The van der Waals surface area contributed by atoms with Crippen LogP contribution in [-0.2, 0) is 4.74 Å². The molecule has 130 valence electrons. The highest BCUT2D eigenvalue weighted by atomic mass is 35.5. The van der Waals surface area contributed by atoms with Crippen LogP contribution in [0.25, 0.3) is 0 Å². The van der Waals surface area contributed by atoms with Crippen LogP contribution in [0, 0.1) is 15.9 Å². The summed E-state index contributed by atoms with van der Waals surface area (Å²) in [7, 11) is 0. The minimum atomic E-state index is -0.787. The molecular formula is C16H12ClFN2O5. The average Bonchev–Trinajstić information content (AvgIpc) is 2.58. The average molecular weight is 367 g/mol. The fourth-order valence-corrected chi connectivity index (χ4v) is 2.14. The molecule has 0 aliphatic heterocycles. The topological polar surface area (TPSA) is 98.5 Å². The first-order valence-corrected chi connectivity index (χ1v) is 7.42. The number of rotatable bonds is 5. The third-order valence-corrected chi connectivity index (χ3v) is 3.37. The fourth-order valence-electron chi connectivity index (χ4n) is 1.96. The van der Waals surface area contributed by atoms with Crippen molar-refractivity contribution in [1.82, 2.24) is 0 Å². The van der Waals surface area contributed by atoms with Crippen molar-refractivity contribution in [3.8, 4) is 0 Å². The zero-order valence-electron chi connectivity index (χ0n) is 12.9. The first kappa shape index (κ1) is 18.3. The second-order valence-corrected chi connectivity index (χ2v) is 5.24. The highest BCUT2D eigenvalue weighted by molar-refractivity contribution is 6.31. The number of benzene rings is 2. The van der Waals surface area contributed by atoms with Gasteiger partial charge in [0.25, 0.3) is 11.6 Å². The monoisotopic (exact) mass is 366 g/mol. The van der Waals surface area contributed by atoms with Crippen molar-refractivity contribution in [2.24, 2.45) is 0 Å². The van der Waals surface area contributed by atoms with Crippen LogP contribution in [0.3, 0.4) is 0 Å². The summed E-state index contributed by atoms with van der Waals surface area (Å²) < 4.78 is 17.9. The van der Waals surface area contributed by atoms with Crippen molar-refractivity contribution in [1.29, 1.82) is 0 Å². The number of carbonyl (C=O) groups excluding carboxylic acids is 2. The SMILES string of the molecule is CCOC(=O)c1cc(C(=O)Nc2ccc(F)c(Cl)c2)cc([N+](=O)[O-])c1. The molecule has 0 aliphatic carbocycles. The Hall–Kier alpha value is -3.00. The largest absolute Gasteiger partial charge is 0.462 e.